The van der Waals surface area contributed by atoms with Crippen LogP contribution in [-0.2, 0) is 0 Å². The van der Waals surface area contributed by atoms with Gasteiger partial charge in [0.15, 0.2) is 5.78 Å². The summed E-state index contributed by atoms with van der Waals surface area (Å²) >= 11 is 6.35. The van der Waals surface area contributed by atoms with Gasteiger partial charge in [0.2, 0.25) is 0 Å². The number of ketones is 1. The maximum absolute atomic E-state index is 12.6. The molecule has 2 heterocycles. The zero-order valence-electron chi connectivity index (χ0n) is 13.6. The van der Waals surface area contributed by atoms with E-state index in [0.29, 0.717) is 22.0 Å². The molecule has 126 valence electrons. The van der Waals surface area contributed by atoms with Crippen LogP contribution in [0.1, 0.15) is 15.9 Å². The van der Waals surface area contributed by atoms with Gasteiger partial charge in [0.05, 0.1) is 10.5 Å². The molecular formula is C20H13ClN4O. The number of pyridine rings is 1. The number of halogens is 1. The molecule has 0 aliphatic heterocycles. The van der Waals surface area contributed by atoms with Gasteiger partial charge in [-0.05, 0) is 42.5 Å². The summed E-state index contributed by atoms with van der Waals surface area (Å²) in [4.78, 5) is 25.0. The van der Waals surface area contributed by atoms with Gasteiger partial charge in [-0.2, -0.15) is 0 Å². The zero-order valence-corrected chi connectivity index (χ0v) is 14.3. The van der Waals surface area contributed by atoms with Crippen molar-refractivity contribution in [3.63, 3.8) is 0 Å². The van der Waals surface area contributed by atoms with Gasteiger partial charge >= 0.3 is 0 Å². The van der Waals surface area contributed by atoms with E-state index in [-0.39, 0.29) is 5.78 Å². The predicted molar refractivity (Wildman–Crippen MR) is 102 cm³/mol. The molecule has 0 bridgehead atoms. The largest absolute Gasteiger partial charge is 0.340 e. The van der Waals surface area contributed by atoms with E-state index in [0.717, 1.165) is 16.6 Å². The lowest BCUT2D eigenvalue weighted by Crippen LogP contribution is -2.03. The number of para-hydroxylation sites is 1. The highest BCUT2D eigenvalue weighted by Crippen LogP contribution is 2.27. The fourth-order valence-corrected chi connectivity index (χ4v) is 2.94. The van der Waals surface area contributed by atoms with Crippen LogP contribution >= 0.6 is 11.6 Å². The highest BCUT2D eigenvalue weighted by molar-refractivity contribution is 6.35. The summed E-state index contributed by atoms with van der Waals surface area (Å²) in [6.45, 7) is 0. The van der Waals surface area contributed by atoms with Crippen LogP contribution in [0.2, 0.25) is 5.02 Å². The van der Waals surface area contributed by atoms with E-state index >= 15 is 0 Å². The van der Waals surface area contributed by atoms with E-state index in [2.05, 4.69) is 20.3 Å². The van der Waals surface area contributed by atoms with Crippen molar-refractivity contribution in [2.24, 2.45) is 0 Å². The minimum absolute atomic E-state index is 0.142. The van der Waals surface area contributed by atoms with Crippen molar-refractivity contribution in [1.82, 2.24) is 15.0 Å². The molecule has 2 aromatic carbocycles. The van der Waals surface area contributed by atoms with E-state index in [1.54, 1.807) is 42.7 Å². The van der Waals surface area contributed by atoms with Crippen molar-refractivity contribution in [2.45, 2.75) is 0 Å². The van der Waals surface area contributed by atoms with Gasteiger partial charge < -0.3 is 5.32 Å². The Hall–Kier alpha value is -3.31. The third kappa shape index (κ3) is 3.12. The van der Waals surface area contributed by atoms with Gasteiger partial charge in [-0.3, -0.25) is 9.78 Å². The lowest BCUT2D eigenvalue weighted by molar-refractivity contribution is 0.103. The molecule has 4 rings (SSSR count). The molecule has 4 aromatic rings. The van der Waals surface area contributed by atoms with E-state index in [4.69, 9.17) is 11.6 Å². The summed E-state index contributed by atoms with van der Waals surface area (Å²) in [5.74, 6) is 0.538. The van der Waals surface area contributed by atoms with Gasteiger partial charge in [0.1, 0.15) is 12.1 Å². The maximum atomic E-state index is 12.6. The van der Waals surface area contributed by atoms with Crippen molar-refractivity contribution >= 4 is 39.8 Å². The van der Waals surface area contributed by atoms with Gasteiger partial charge in [-0.15, -0.1) is 0 Å². The van der Waals surface area contributed by atoms with Gasteiger partial charge in [-0.25, -0.2) is 9.97 Å². The number of fused-ring (bicyclic) bond motifs is 1. The minimum atomic E-state index is -0.142. The fourth-order valence-electron chi connectivity index (χ4n) is 2.68. The Balaban J connectivity index is 1.65. The van der Waals surface area contributed by atoms with E-state index in [1.807, 2.05) is 24.3 Å². The topological polar surface area (TPSA) is 67.8 Å². The van der Waals surface area contributed by atoms with Crippen LogP contribution in [0.15, 0.2) is 73.3 Å². The molecule has 0 saturated carbocycles. The number of carbonyl (C=O) groups is 1. The molecule has 0 aliphatic carbocycles. The monoisotopic (exact) mass is 360 g/mol. The third-order valence-electron chi connectivity index (χ3n) is 3.96. The molecule has 0 saturated heterocycles. The molecule has 0 amide bonds. The average Bonchev–Trinajstić information content (AvgIpc) is 2.69. The van der Waals surface area contributed by atoms with Crippen LogP contribution in [-0.4, -0.2) is 20.7 Å². The SMILES string of the molecule is O=C(c1ccncc1)c1ccc(Nc2ncnc3ccccc23)cc1Cl. The second kappa shape index (κ2) is 6.90. The lowest BCUT2D eigenvalue weighted by Gasteiger charge is -2.10. The highest BCUT2D eigenvalue weighted by atomic mass is 35.5. The molecule has 2 aromatic heterocycles. The summed E-state index contributed by atoms with van der Waals surface area (Å²) < 4.78 is 0. The van der Waals surface area contributed by atoms with Crippen molar-refractivity contribution in [1.29, 1.82) is 0 Å². The Bertz CT molecular complexity index is 1090. The number of carbonyl (C=O) groups excluding carboxylic acids is 1. The number of hydrogen-bond acceptors (Lipinski definition) is 5. The van der Waals surface area contributed by atoms with E-state index in [1.165, 1.54) is 6.33 Å². The minimum Gasteiger partial charge on any atom is -0.340 e. The Morgan fingerprint density at radius 3 is 2.58 bits per heavy atom. The standard InChI is InChI=1S/C20H13ClN4O/c21-17-11-14(5-6-15(17)19(26)13-7-9-22-10-8-13)25-20-16-3-1-2-4-18(16)23-12-24-20/h1-12H,(H,23,24,25). The van der Waals surface area contributed by atoms with Crippen molar-refractivity contribution in [3.05, 3.63) is 89.5 Å². The number of nitrogens with one attached hydrogen (secondary N) is 1. The predicted octanol–water partition coefficient (Wildman–Crippen LogP) is 4.65. The molecule has 26 heavy (non-hydrogen) atoms. The molecule has 0 fully saturated rings. The molecule has 1 N–H and O–H groups in total. The first-order chi connectivity index (χ1) is 12.7. The number of benzene rings is 2. The Morgan fingerprint density at radius 2 is 1.77 bits per heavy atom. The van der Waals surface area contributed by atoms with Crippen LogP contribution in [0.5, 0.6) is 0 Å². The molecule has 0 radical (unpaired) electrons. The lowest BCUT2D eigenvalue weighted by atomic mass is 10.0. The van der Waals surface area contributed by atoms with Gasteiger partial charge in [-0.1, -0.05) is 23.7 Å². The molecule has 0 spiro atoms. The number of rotatable bonds is 4. The first-order valence-corrected chi connectivity index (χ1v) is 8.31. The normalized spacial score (nSPS) is 10.7. The molecule has 0 atom stereocenters. The van der Waals surface area contributed by atoms with Gasteiger partial charge in [0, 0.05) is 34.6 Å². The second-order valence-electron chi connectivity index (χ2n) is 5.62. The summed E-state index contributed by atoms with van der Waals surface area (Å²) in [7, 11) is 0. The fraction of sp³-hybridized carbons (Fsp3) is 0. The Morgan fingerprint density at radius 1 is 0.962 bits per heavy atom. The Kier molecular flexibility index (Phi) is 4.29. The molecule has 5 nitrogen and oxygen atoms in total. The number of anilines is 2. The summed E-state index contributed by atoms with van der Waals surface area (Å²) in [6, 6.07) is 16.3. The van der Waals surface area contributed by atoms with Crippen LogP contribution in [0, 0.1) is 0 Å². The molecule has 0 unspecified atom stereocenters. The quantitative estimate of drug-likeness (QED) is 0.536. The summed E-state index contributed by atoms with van der Waals surface area (Å²) in [6.07, 6.45) is 4.67. The number of aromatic nitrogens is 3. The smallest absolute Gasteiger partial charge is 0.194 e. The van der Waals surface area contributed by atoms with Crippen LogP contribution in [0.4, 0.5) is 11.5 Å². The molecule has 6 heteroatoms. The third-order valence-corrected chi connectivity index (χ3v) is 4.27. The molecular weight excluding hydrogens is 348 g/mol. The second-order valence-corrected chi connectivity index (χ2v) is 6.03. The van der Waals surface area contributed by atoms with E-state index in [9.17, 15) is 4.79 Å². The zero-order chi connectivity index (χ0) is 17.9. The van der Waals surface area contributed by atoms with Gasteiger partial charge in [0.25, 0.3) is 0 Å². The highest BCUT2D eigenvalue weighted by Gasteiger charge is 2.13. The first kappa shape index (κ1) is 16.2. The summed E-state index contributed by atoms with van der Waals surface area (Å²) in [5.41, 5.74) is 2.58. The number of nitrogens with zero attached hydrogens (tertiary/aromatic N) is 3. The van der Waals surface area contributed by atoms with E-state index < -0.39 is 0 Å². The van der Waals surface area contributed by atoms with Crippen LogP contribution in [0.3, 0.4) is 0 Å². The summed E-state index contributed by atoms with van der Waals surface area (Å²) in [5, 5.41) is 4.51. The molecule has 0 aliphatic rings. The average molecular weight is 361 g/mol. The van der Waals surface area contributed by atoms with Crippen LogP contribution in [0.25, 0.3) is 10.9 Å². The van der Waals surface area contributed by atoms with Crippen molar-refractivity contribution in [3.8, 4) is 0 Å². The number of hydrogen-bond donors (Lipinski definition) is 1. The van der Waals surface area contributed by atoms with Crippen molar-refractivity contribution in [2.75, 3.05) is 5.32 Å². The Labute approximate surface area is 154 Å². The maximum Gasteiger partial charge on any atom is 0.194 e. The first-order valence-electron chi connectivity index (χ1n) is 7.93. The van der Waals surface area contributed by atoms with Crippen LogP contribution < -0.4 is 5.32 Å². The van der Waals surface area contributed by atoms with Crippen molar-refractivity contribution < 1.29 is 4.79 Å².